The fourth-order valence-corrected chi connectivity index (χ4v) is 4.64. The number of hydrogen-bond donors (Lipinski definition) is 1. The van der Waals surface area contributed by atoms with E-state index >= 15 is 0 Å². The first-order valence-electron chi connectivity index (χ1n) is 11.0. The largest absolute Gasteiger partial charge is 0.434 e. The highest BCUT2D eigenvalue weighted by atomic mass is 19.1. The molecule has 1 N–H and O–H groups in total. The number of halogens is 1. The van der Waals surface area contributed by atoms with Crippen molar-refractivity contribution in [3.63, 3.8) is 0 Å². The standard InChI is InChI=1S/C23H26FN7O/c1-15(2)20-18(10-26-13-27-20)17-9-16(24)3-4-19(17)32-22-21(28-14-29-30-22)31-11-23(12-31)5-7-25-8-6-23/h3-4,9-10,13-15,25H,5-8,11-12H2,1-2H3. The molecule has 1 spiro atoms. The summed E-state index contributed by atoms with van der Waals surface area (Å²) in [7, 11) is 0. The van der Waals surface area contributed by atoms with Gasteiger partial charge in [0.15, 0.2) is 5.82 Å². The molecule has 4 heterocycles. The summed E-state index contributed by atoms with van der Waals surface area (Å²) in [6, 6.07) is 4.41. The van der Waals surface area contributed by atoms with E-state index in [0.29, 0.717) is 28.4 Å². The van der Waals surface area contributed by atoms with Crippen molar-refractivity contribution in [3.8, 4) is 22.8 Å². The van der Waals surface area contributed by atoms with Crippen LogP contribution in [0.25, 0.3) is 11.1 Å². The van der Waals surface area contributed by atoms with Gasteiger partial charge >= 0.3 is 0 Å². The summed E-state index contributed by atoms with van der Waals surface area (Å²) in [6.07, 6.45) is 6.95. The van der Waals surface area contributed by atoms with Crippen molar-refractivity contribution in [2.45, 2.75) is 32.6 Å². The second kappa shape index (κ2) is 8.38. The van der Waals surface area contributed by atoms with Crippen LogP contribution in [-0.2, 0) is 0 Å². The Bertz CT molecular complexity index is 1110. The summed E-state index contributed by atoms with van der Waals surface area (Å²) < 4.78 is 20.4. The normalized spacial score (nSPS) is 17.4. The molecule has 2 saturated heterocycles. The van der Waals surface area contributed by atoms with E-state index in [-0.39, 0.29) is 11.7 Å². The first-order valence-corrected chi connectivity index (χ1v) is 11.0. The minimum absolute atomic E-state index is 0.139. The quantitative estimate of drug-likeness (QED) is 0.651. The maximum absolute atomic E-state index is 14.2. The highest BCUT2D eigenvalue weighted by Gasteiger charge is 2.45. The van der Waals surface area contributed by atoms with E-state index in [9.17, 15) is 4.39 Å². The third-order valence-electron chi connectivity index (χ3n) is 6.32. The lowest BCUT2D eigenvalue weighted by Gasteiger charge is -2.52. The monoisotopic (exact) mass is 435 g/mol. The van der Waals surface area contributed by atoms with Crippen molar-refractivity contribution < 1.29 is 9.13 Å². The van der Waals surface area contributed by atoms with Crippen molar-refractivity contribution in [1.82, 2.24) is 30.5 Å². The number of nitrogens with one attached hydrogen (secondary N) is 1. The maximum atomic E-state index is 14.2. The van der Waals surface area contributed by atoms with Gasteiger partial charge in [0.05, 0.1) is 5.69 Å². The Kier molecular flexibility index (Phi) is 5.42. The summed E-state index contributed by atoms with van der Waals surface area (Å²) >= 11 is 0. The zero-order valence-electron chi connectivity index (χ0n) is 18.3. The van der Waals surface area contributed by atoms with Crippen LogP contribution < -0.4 is 15.0 Å². The Hall–Kier alpha value is -3.20. The smallest absolute Gasteiger partial charge is 0.282 e. The van der Waals surface area contributed by atoms with Gasteiger partial charge < -0.3 is 15.0 Å². The molecule has 1 aromatic carbocycles. The molecule has 0 aliphatic carbocycles. The minimum Gasteiger partial charge on any atom is -0.434 e. The van der Waals surface area contributed by atoms with Crippen LogP contribution in [0.1, 0.15) is 38.3 Å². The molecule has 2 aliphatic rings. The minimum atomic E-state index is -0.362. The van der Waals surface area contributed by atoms with E-state index in [2.05, 4.69) is 35.4 Å². The number of rotatable bonds is 5. The maximum Gasteiger partial charge on any atom is 0.282 e. The van der Waals surface area contributed by atoms with Crippen molar-refractivity contribution in [3.05, 3.63) is 48.6 Å². The van der Waals surface area contributed by atoms with Gasteiger partial charge in [0, 0.05) is 35.8 Å². The lowest BCUT2D eigenvalue weighted by Crippen LogP contribution is -2.60. The molecule has 5 rings (SSSR count). The molecule has 32 heavy (non-hydrogen) atoms. The fourth-order valence-electron chi connectivity index (χ4n) is 4.64. The van der Waals surface area contributed by atoms with Gasteiger partial charge in [0.25, 0.3) is 5.88 Å². The van der Waals surface area contributed by atoms with E-state index in [1.54, 1.807) is 12.3 Å². The molecule has 2 aromatic heterocycles. The van der Waals surface area contributed by atoms with Crippen LogP contribution in [0.15, 0.2) is 37.1 Å². The summed E-state index contributed by atoms with van der Waals surface area (Å²) in [5.41, 5.74) is 2.46. The first-order chi connectivity index (χ1) is 15.5. The third-order valence-corrected chi connectivity index (χ3v) is 6.32. The Balaban J connectivity index is 1.47. The highest BCUT2D eigenvalue weighted by molar-refractivity contribution is 5.73. The molecule has 0 unspecified atom stereocenters. The average Bonchev–Trinajstić information content (AvgIpc) is 2.79. The summed E-state index contributed by atoms with van der Waals surface area (Å²) in [5, 5.41) is 11.6. The van der Waals surface area contributed by atoms with Gasteiger partial charge in [-0.3, -0.25) is 0 Å². The van der Waals surface area contributed by atoms with Crippen LogP contribution in [0.2, 0.25) is 0 Å². The van der Waals surface area contributed by atoms with E-state index < -0.39 is 0 Å². The zero-order valence-corrected chi connectivity index (χ0v) is 18.3. The Morgan fingerprint density at radius 1 is 1.09 bits per heavy atom. The van der Waals surface area contributed by atoms with Gasteiger partial charge in [-0.25, -0.2) is 19.3 Å². The van der Waals surface area contributed by atoms with Gasteiger partial charge in [-0.05, 0) is 50.0 Å². The lowest BCUT2D eigenvalue weighted by molar-refractivity contribution is 0.148. The van der Waals surface area contributed by atoms with Gasteiger partial charge in [0.1, 0.15) is 24.2 Å². The van der Waals surface area contributed by atoms with E-state index in [1.807, 2.05) is 13.8 Å². The van der Waals surface area contributed by atoms with Crippen LogP contribution in [0.5, 0.6) is 11.6 Å². The van der Waals surface area contributed by atoms with E-state index in [1.165, 1.54) is 24.8 Å². The number of benzene rings is 1. The highest BCUT2D eigenvalue weighted by Crippen LogP contribution is 2.44. The summed E-state index contributed by atoms with van der Waals surface area (Å²) in [4.78, 5) is 15.2. The second-order valence-electron chi connectivity index (χ2n) is 8.91. The molecule has 166 valence electrons. The summed E-state index contributed by atoms with van der Waals surface area (Å²) in [6.45, 7) is 8.02. The van der Waals surface area contributed by atoms with Crippen LogP contribution in [-0.4, -0.2) is 51.3 Å². The Morgan fingerprint density at radius 2 is 1.91 bits per heavy atom. The molecule has 8 nitrogen and oxygen atoms in total. The van der Waals surface area contributed by atoms with Gasteiger partial charge in [-0.2, -0.15) is 0 Å². The second-order valence-corrected chi connectivity index (χ2v) is 8.91. The van der Waals surface area contributed by atoms with Gasteiger partial charge in [0.2, 0.25) is 0 Å². The van der Waals surface area contributed by atoms with Crippen LogP contribution in [0, 0.1) is 11.2 Å². The molecule has 2 aliphatic heterocycles. The fraction of sp³-hybridized carbons (Fsp3) is 0.435. The van der Waals surface area contributed by atoms with Crippen molar-refractivity contribution in [1.29, 1.82) is 0 Å². The molecule has 0 bridgehead atoms. The lowest BCUT2D eigenvalue weighted by atomic mass is 9.72. The number of aromatic nitrogens is 5. The molecular weight excluding hydrogens is 409 g/mol. The topological polar surface area (TPSA) is 89.0 Å². The molecule has 0 atom stereocenters. The van der Waals surface area contributed by atoms with E-state index in [4.69, 9.17) is 4.74 Å². The van der Waals surface area contributed by atoms with Crippen LogP contribution >= 0.6 is 0 Å². The Labute approximate surface area is 186 Å². The zero-order chi connectivity index (χ0) is 22.1. The summed E-state index contributed by atoms with van der Waals surface area (Å²) in [5.74, 6) is 1.21. The SMILES string of the molecule is CC(C)c1ncncc1-c1cc(F)ccc1Oc1nncnc1N1CC2(CCNCC2)C1. The van der Waals surface area contributed by atoms with Crippen molar-refractivity contribution in [2.75, 3.05) is 31.1 Å². The molecule has 9 heteroatoms. The first kappa shape index (κ1) is 20.7. The van der Waals surface area contributed by atoms with E-state index in [0.717, 1.165) is 50.3 Å². The molecule has 2 fully saturated rings. The van der Waals surface area contributed by atoms with Crippen LogP contribution in [0.4, 0.5) is 10.2 Å². The van der Waals surface area contributed by atoms with Crippen molar-refractivity contribution in [2.24, 2.45) is 5.41 Å². The number of anilines is 1. The van der Waals surface area contributed by atoms with Crippen LogP contribution in [0.3, 0.4) is 0 Å². The molecule has 0 amide bonds. The van der Waals surface area contributed by atoms with Gasteiger partial charge in [-0.1, -0.05) is 13.8 Å². The van der Waals surface area contributed by atoms with Crippen molar-refractivity contribution >= 4 is 5.82 Å². The molecular formula is C23H26FN7O. The predicted octanol–water partition coefficient (Wildman–Crippen LogP) is 3.57. The molecule has 3 aromatic rings. The number of ether oxygens (including phenoxy) is 1. The molecule has 0 radical (unpaired) electrons. The molecule has 0 saturated carbocycles. The number of hydrogen-bond acceptors (Lipinski definition) is 8. The van der Waals surface area contributed by atoms with Gasteiger partial charge in [-0.15, -0.1) is 10.2 Å². The Morgan fingerprint density at radius 3 is 2.69 bits per heavy atom. The predicted molar refractivity (Wildman–Crippen MR) is 118 cm³/mol. The average molecular weight is 436 g/mol. The number of nitrogens with zero attached hydrogens (tertiary/aromatic N) is 6. The third kappa shape index (κ3) is 3.88. The number of piperidine rings is 1.